The Kier molecular flexibility index (Phi) is 12.0. The molecule has 0 spiro atoms. The Hall–Kier alpha value is -2.19. The maximum absolute atomic E-state index is 12.1. The summed E-state index contributed by atoms with van der Waals surface area (Å²) in [6, 6.07) is 10.6. The predicted molar refractivity (Wildman–Crippen MR) is 109 cm³/mol. The number of methoxy groups -OCH3 is 1. The molecule has 1 unspecified atom stereocenters. The molecule has 1 aromatic heterocycles. The number of carbonyl (C=O) groups excluding carboxylic acids is 2. The highest BCUT2D eigenvalue weighted by Gasteiger charge is 2.11. The van der Waals surface area contributed by atoms with E-state index in [2.05, 4.69) is 15.6 Å². The van der Waals surface area contributed by atoms with Crippen molar-refractivity contribution in [2.75, 3.05) is 19.0 Å². The molecule has 0 bridgehead atoms. The summed E-state index contributed by atoms with van der Waals surface area (Å²) in [6.45, 7) is 0.652. The molecule has 2 rings (SSSR count). The van der Waals surface area contributed by atoms with Crippen molar-refractivity contribution in [3.05, 3.63) is 59.9 Å². The number of ether oxygens (including phenoxy) is 1. The zero-order valence-corrected chi connectivity index (χ0v) is 16.5. The summed E-state index contributed by atoms with van der Waals surface area (Å²) in [5.74, 6) is -0.349. The minimum absolute atomic E-state index is 0. The summed E-state index contributed by atoms with van der Waals surface area (Å²) in [4.78, 5) is 27.9. The summed E-state index contributed by atoms with van der Waals surface area (Å²) in [5, 5.41) is 5.64. The molecule has 0 radical (unpaired) electrons. The number of carbonyl (C=O) groups is 2. The van der Waals surface area contributed by atoms with Gasteiger partial charge in [0.05, 0.1) is 12.5 Å². The van der Waals surface area contributed by atoms with Gasteiger partial charge in [-0.3, -0.25) is 14.6 Å². The van der Waals surface area contributed by atoms with Gasteiger partial charge < -0.3 is 21.1 Å². The van der Waals surface area contributed by atoms with Crippen molar-refractivity contribution in [3.63, 3.8) is 0 Å². The van der Waals surface area contributed by atoms with Gasteiger partial charge in [0.1, 0.15) is 0 Å². The van der Waals surface area contributed by atoms with Gasteiger partial charge in [0.15, 0.2) is 0 Å². The summed E-state index contributed by atoms with van der Waals surface area (Å²) >= 11 is 0. The lowest BCUT2D eigenvalue weighted by Gasteiger charge is -2.13. The molecule has 0 saturated carbocycles. The van der Waals surface area contributed by atoms with Gasteiger partial charge in [0, 0.05) is 43.8 Å². The molecule has 0 aliphatic rings. The molecule has 9 heteroatoms. The number of pyridine rings is 1. The molecule has 1 atom stereocenters. The third-order valence-electron chi connectivity index (χ3n) is 3.63. The first-order chi connectivity index (χ1) is 12.1. The van der Waals surface area contributed by atoms with Gasteiger partial charge in [-0.25, -0.2) is 0 Å². The summed E-state index contributed by atoms with van der Waals surface area (Å²) in [5.41, 5.74) is 7.57. The SMILES string of the molecule is COC(CN)CC(=O)NCc1cccc(NC(=O)c2ccncc2)c1.Cl.Cl. The highest BCUT2D eigenvalue weighted by atomic mass is 35.5. The maximum Gasteiger partial charge on any atom is 0.255 e. The number of benzene rings is 1. The van der Waals surface area contributed by atoms with Gasteiger partial charge >= 0.3 is 0 Å². The van der Waals surface area contributed by atoms with Gasteiger partial charge in [-0.1, -0.05) is 12.1 Å². The second kappa shape index (κ2) is 13.1. The van der Waals surface area contributed by atoms with Crippen molar-refractivity contribution in [3.8, 4) is 0 Å². The van der Waals surface area contributed by atoms with Crippen molar-refractivity contribution in [2.45, 2.75) is 19.1 Å². The van der Waals surface area contributed by atoms with E-state index in [1.165, 1.54) is 7.11 Å². The number of halogens is 2. The van der Waals surface area contributed by atoms with E-state index in [1.54, 1.807) is 30.6 Å². The van der Waals surface area contributed by atoms with Crippen LogP contribution in [0.4, 0.5) is 5.69 Å². The number of aromatic nitrogens is 1. The van der Waals surface area contributed by atoms with Crippen LogP contribution in [0.3, 0.4) is 0 Å². The number of amides is 2. The van der Waals surface area contributed by atoms with Crippen LogP contribution in [0.2, 0.25) is 0 Å². The topological polar surface area (TPSA) is 106 Å². The quantitative estimate of drug-likeness (QED) is 0.613. The maximum atomic E-state index is 12.1. The number of nitrogens with zero attached hydrogens (tertiary/aromatic N) is 1. The fraction of sp³-hybridized carbons (Fsp3) is 0.278. The largest absolute Gasteiger partial charge is 0.380 e. The van der Waals surface area contributed by atoms with Gasteiger partial charge in [-0.05, 0) is 29.8 Å². The molecule has 148 valence electrons. The number of nitrogens with one attached hydrogen (secondary N) is 2. The Morgan fingerprint density at radius 3 is 2.52 bits per heavy atom. The molecule has 1 heterocycles. The fourth-order valence-electron chi connectivity index (χ4n) is 2.21. The molecule has 0 aliphatic carbocycles. The van der Waals surface area contributed by atoms with Crippen LogP contribution < -0.4 is 16.4 Å². The average molecular weight is 415 g/mol. The van der Waals surface area contributed by atoms with Crippen LogP contribution in [-0.2, 0) is 16.1 Å². The molecule has 4 N–H and O–H groups in total. The number of anilines is 1. The van der Waals surface area contributed by atoms with E-state index in [9.17, 15) is 9.59 Å². The molecule has 0 aliphatic heterocycles. The Morgan fingerprint density at radius 2 is 1.89 bits per heavy atom. The lowest BCUT2D eigenvalue weighted by molar-refractivity contribution is -0.123. The first-order valence-corrected chi connectivity index (χ1v) is 7.92. The summed E-state index contributed by atoms with van der Waals surface area (Å²) < 4.78 is 5.09. The van der Waals surface area contributed by atoms with Crippen molar-refractivity contribution < 1.29 is 14.3 Å². The number of rotatable bonds is 8. The third-order valence-corrected chi connectivity index (χ3v) is 3.63. The Balaban J connectivity index is 0.00000338. The zero-order chi connectivity index (χ0) is 18.1. The second-order valence-corrected chi connectivity index (χ2v) is 5.46. The van der Waals surface area contributed by atoms with E-state index in [-0.39, 0.29) is 49.2 Å². The molecule has 0 fully saturated rings. The fourth-order valence-corrected chi connectivity index (χ4v) is 2.21. The Bertz CT molecular complexity index is 713. The van der Waals surface area contributed by atoms with E-state index in [1.807, 2.05) is 18.2 Å². The molecular weight excluding hydrogens is 391 g/mol. The molecule has 7 nitrogen and oxygen atoms in total. The Labute approximate surface area is 170 Å². The molecule has 1 aromatic carbocycles. The van der Waals surface area contributed by atoms with E-state index in [0.717, 1.165) is 5.56 Å². The zero-order valence-electron chi connectivity index (χ0n) is 14.9. The van der Waals surface area contributed by atoms with Gasteiger partial charge in [-0.15, -0.1) is 24.8 Å². The summed E-state index contributed by atoms with van der Waals surface area (Å²) in [7, 11) is 1.53. The minimum atomic E-state index is -0.286. The summed E-state index contributed by atoms with van der Waals surface area (Å²) in [6.07, 6.45) is 3.06. The number of hydrogen-bond donors (Lipinski definition) is 3. The van der Waals surface area contributed by atoms with Crippen molar-refractivity contribution in [2.24, 2.45) is 5.73 Å². The smallest absolute Gasteiger partial charge is 0.255 e. The molecule has 27 heavy (non-hydrogen) atoms. The highest BCUT2D eigenvalue weighted by Crippen LogP contribution is 2.12. The van der Waals surface area contributed by atoms with Crippen molar-refractivity contribution in [1.29, 1.82) is 0 Å². The standard InChI is InChI=1S/C18H22N4O3.2ClH/c1-25-16(11-19)10-17(23)21-12-13-3-2-4-15(9-13)22-18(24)14-5-7-20-8-6-14;;/h2-9,16H,10-12,19H2,1H3,(H,21,23)(H,22,24);2*1H. The molecule has 2 amide bonds. The molecule has 2 aromatic rings. The second-order valence-electron chi connectivity index (χ2n) is 5.46. The molecular formula is C18H24Cl2N4O3. The third kappa shape index (κ3) is 8.36. The molecule has 0 saturated heterocycles. The monoisotopic (exact) mass is 414 g/mol. The van der Waals surface area contributed by atoms with Crippen LogP contribution in [0, 0.1) is 0 Å². The lowest BCUT2D eigenvalue weighted by Crippen LogP contribution is -2.31. The van der Waals surface area contributed by atoms with E-state index in [0.29, 0.717) is 24.3 Å². The van der Waals surface area contributed by atoms with Crippen LogP contribution in [0.25, 0.3) is 0 Å². The van der Waals surface area contributed by atoms with Crippen LogP contribution in [0.1, 0.15) is 22.3 Å². The average Bonchev–Trinajstić information content (AvgIpc) is 2.65. The van der Waals surface area contributed by atoms with Crippen LogP contribution >= 0.6 is 24.8 Å². The van der Waals surface area contributed by atoms with Crippen LogP contribution in [-0.4, -0.2) is 36.6 Å². The van der Waals surface area contributed by atoms with E-state index in [4.69, 9.17) is 10.5 Å². The van der Waals surface area contributed by atoms with Crippen molar-refractivity contribution in [1.82, 2.24) is 10.3 Å². The van der Waals surface area contributed by atoms with E-state index < -0.39 is 0 Å². The number of hydrogen-bond acceptors (Lipinski definition) is 5. The lowest BCUT2D eigenvalue weighted by atomic mass is 10.1. The number of nitrogens with two attached hydrogens (primary N) is 1. The first kappa shape index (κ1) is 24.8. The van der Waals surface area contributed by atoms with Crippen LogP contribution in [0.5, 0.6) is 0 Å². The van der Waals surface area contributed by atoms with Crippen LogP contribution in [0.15, 0.2) is 48.8 Å². The predicted octanol–water partition coefficient (Wildman–Crippen LogP) is 2.16. The van der Waals surface area contributed by atoms with E-state index >= 15 is 0 Å². The highest BCUT2D eigenvalue weighted by molar-refractivity contribution is 6.04. The first-order valence-electron chi connectivity index (χ1n) is 7.92. The van der Waals surface area contributed by atoms with Gasteiger partial charge in [-0.2, -0.15) is 0 Å². The minimum Gasteiger partial charge on any atom is -0.380 e. The Morgan fingerprint density at radius 1 is 1.19 bits per heavy atom. The van der Waals surface area contributed by atoms with Gasteiger partial charge in [0.25, 0.3) is 5.91 Å². The normalized spacial score (nSPS) is 10.7. The van der Waals surface area contributed by atoms with Gasteiger partial charge in [0.2, 0.25) is 5.91 Å². The van der Waals surface area contributed by atoms with Crippen molar-refractivity contribution >= 4 is 42.3 Å².